The molecule has 2 saturated heterocycles. The molecule has 0 radical (unpaired) electrons. The molecule has 2 fully saturated rings. The van der Waals surface area contributed by atoms with Crippen LogP contribution in [0.3, 0.4) is 0 Å². The Morgan fingerprint density at radius 3 is 2.42 bits per heavy atom. The number of rotatable bonds is 2. The van der Waals surface area contributed by atoms with E-state index in [0.29, 0.717) is 56.8 Å². The van der Waals surface area contributed by atoms with Gasteiger partial charge in [-0.15, -0.1) is 0 Å². The van der Waals surface area contributed by atoms with Crippen LogP contribution >= 0.6 is 11.8 Å². The normalized spacial score (nSPS) is 22.2. The maximum Gasteiger partial charge on any atom is 0.225 e. The number of nitrogens with zero attached hydrogens (tertiary/aromatic N) is 2. The molecule has 2 amide bonds. The minimum atomic E-state index is -0.434. The van der Waals surface area contributed by atoms with Crippen LogP contribution in [0, 0.1) is 17.6 Å². The summed E-state index contributed by atoms with van der Waals surface area (Å²) in [5.41, 5.74) is 0.388. The zero-order chi connectivity index (χ0) is 18.7. The van der Waals surface area contributed by atoms with Crippen LogP contribution in [0.4, 0.5) is 8.78 Å². The van der Waals surface area contributed by atoms with Crippen molar-refractivity contribution in [1.82, 2.24) is 9.80 Å². The summed E-state index contributed by atoms with van der Waals surface area (Å²) in [5.74, 6) is 0.0319. The van der Waals surface area contributed by atoms with Gasteiger partial charge in [0, 0.05) is 55.6 Å². The minimum absolute atomic E-state index is 0.0435. The minimum Gasteiger partial charge on any atom is -0.343 e. The van der Waals surface area contributed by atoms with Crippen molar-refractivity contribution in [3.8, 4) is 0 Å². The lowest BCUT2D eigenvalue weighted by Gasteiger charge is -2.33. The topological polar surface area (TPSA) is 40.6 Å². The quantitative estimate of drug-likeness (QED) is 0.789. The van der Waals surface area contributed by atoms with Crippen molar-refractivity contribution in [2.45, 2.75) is 31.4 Å². The maximum atomic E-state index is 14.0. The average molecular weight is 382 g/mol. The fourth-order valence-electron chi connectivity index (χ4n) is 3.70. The molecule has 0 aliphatic carbocycles. The summed E-state index contributed by atoms with van der Waals surface area (Å²) >= 11 is 1.58. The van der Waals surface area contributed by atoms with Gasteiger partial charge in [-0.25, -0.2) is 8.78 Å². The molecule has 0 bridgehead atoms. The fourth-order valence-corrected chi connectivity index (χ4v) is 4.94. The van der Waals surface area contributed by atoms with E-state index in [9.17, 15) is 18.4 Å². The molecule has 1 aromatic rings. The number of benzene rings is 1. The Morgan fingerprint density at radius 2 is 1.73 bits per heavy atom. The van der Waals surface area contributed by atoms with E-state index >= 15 is 0 Å². The predicted octanol–water partition coefficient (Wildman–Crippen LogP) is 3.23. The van der Waals surface area contributed by atoms with Gasteiger partial charge >= 0.3 is 0 Å². The summed E-state index contributed by atoms with van der Waals surface area (Å²) in [6.07, 6.45) is 2.01. The standard InChI is InChI=1S/C19H24F2N2O2S/c1-13(24)22-7-4-14(5-8-22)19(25)23-9-6-18(26-11-10-23)16-12-15(20)2-3-17(16)21/h2-3,12,14,18H,4-11H2,1H3/t18-/m1/s1. The van der Waals surface area contributed by atoms with Gasteiger partial charge in [-0.3, -0.25) is 9.59 Å². The van der Waals surface area contributed by atoms with E-state index in [-0.39, 0.29) is 28.8 Å². The van der Waals surface area contributed by atoms with Crippen molar-refractivity contribution in [2.24, 2.45) is 5.92 Å². The summed E-state index contributed by atoms with van der Waals surface area (Å²) in [5, 5.41) is -0.136. The van der Waals surface area contributed by atoms with E-state index in [0.717, 1.165) is 6.07 Å². The number of hydrogen-bond acceptors (Lipinski definition) is 3. The third kappa shape index (κ3) is 4.37. The van der Waals surface area contributed by atoms with Gasteiger partial charge in [-0.1, -0.05) is 0 Å². The largest absolute Gasteiger partial charge is 0.343 e. The predicted molar refractivity (Wildman–Crippen MR) is 97.7 cm³/mol. The van der Waals surface area contributed by atoms with Crippen LogP contribution in [0.5, 0.6) is 0 Å². The number of hydrogen-bond donors (Lipinski definition) is 0. The second-order valence-electron chi connectivity index (χ2n) is 6.92. The molecule has 142 valence electrons. The first-order valence-corrected chi connectivity index (χ1v) is 10.1. The SMILES string of the molecule is CC(=O)N1CCC(C(=O)N2CCS[C@@H](c3cc(F)ccc3F)CC2)CC1. The number of carbonyl (C=O) groups is 2. The number of piperidine rings is 1. The number of thioether (sulfide) groups is 1. The van der Waals surface area contributed by atoms with Crippen LogP contribution in [-0.2, 0) is 9.59 Å². The van der Waals surface area contributed by atoms with Crippen LogP contribution in [0.25, 0.3) is 0 Å². The van der Waals surface area contributed by atoms with Crippen LogP contribution in [0.2, 0.25) is 0 Å². The van der Waals surface area contributed by atoms with Crippen molar-refractivity contribution in [2.75, 3.05) is 31.9 Å². The molecule has 1 aromatic carbocycles. The van der Waals surface area contributed by atoms with Gasteiger partial charge < -0.3 is 9.80 Å². The molecule has 0 unspecified atom stereocenters. The Hall–Kier alpha value is -1.63. The van der Waals surface area contributed by atoms with Gasteiger partial charge in [0.15, 0.2) is 0 Å². The Balaban J connectivity index is 1.59. The molecule has 2 aliphatic rings. The zero-order valence-corrected chi connectivity index (χ0v) is 15.7. The molecule has 2 aliphatic heterocycles. The lowest BCUT2D eigenvalue weighted by atomic mass is 9.95. The van der Waals surface area contributed by atoms with E-state index in [1.807, 2.05) is 4.90 Å². The highest BCUT2D eigenvalue weighted by atomic mass is 32.2. The summed E-state index contributed by atoms with van der Waals surface area (Å²) in [6, 6.07) is 3.56. The summed E-state index contributed by atoms with van der Waals surface area (Å²) < 4.78 is 27.5. The lowest BCUT2D eigenvalue weighted by molar-refractivity contribution is -0.139. The molecule has 26 heavy (non-hydrogen) atoms. The Labute approximate surface area is 156 Å². The molecular weight excluding hydrogens is 358 g/mol. The lowest BCUT2D eigenvalue weighted by Crippen LogP contribution is -2.44. The monoisotopic (exact) mass is 382 g/mol. The first-order valence-electron chi connectivity index (χ1n) is 9.06. The molecule has 7 heteroatoms. The maximum absolute atomic E-state index is 14.0. The van der Waals surface area contributed by atoms with E-state index in [1.54, 1.807) is 23.6 Å². The third-order valence-corrected chi connectivity index (χ3v) is 6.56. The molecule has 2 heterocycles. The number of carbonyl (C=O) groups excluding carboxylic acids is 2. The van der Waals surface area contributed by atoms with Gasteiger partial charge in [0.2, 0.25) is 11.8 Å². The fraction of sp³-hybridized carbons (Fsp3) is 0.579. The van der Waals surface area contributed by atoms with E-state index in [4.69, 9.17) is 0 Å². The molecular formula is C19H24F2N2O2S. The Morgan fingerprint density at radius 1 is 1.04 bits per heavy atom. The van der Waals surface area contributed by atoms with Crippen molar-refractivity contribution in [3.63, 3.8) is 0 Å². The smallest absolute Gasteiger partial charge is 0.225 e. The number of likely N-dealkylation sites (tertiary alicyclic amines) is 1. The van der Waals surface area contributed by atoms with Crippen LogP contribution < -0.4 is 0 Å². The molecule has 0 saturated carbocycles. The summed E-state index contributed by atoms with van der Waals surface area (Å²) in [6.45, 7) is 4.00. The first-order chi connectivity index (χ1) is 12.5. The van der Waals surface area contributed by atoms with Crippen LogP contribution in [0.15, 0.2) is 18.2 Å². The first kappa shape index (κ1) is 19.1. The summed E-state index contributed by atoms with van der Waals surface area (Å²) in [7, 11) is 0. The van der Waals surface area contributed by atoms with Gasteiger partial charge in [0.1, 0.15) is 11.6 Å². The Kier molecular flexibility index (Phi) is 6.16. The van der Waals surface area contributed by atoms with E-state index in [2.05, 4.69) is 0 Å². The van der Waals surface area contributed by atoms with Crippen molar-refractivity contribution >= 4 is 23.6 Å². The molecule has 0 aromatic heterocycles. The molecule has 0 N–H and O–H groups in total. The highest BCUT2D eigenvalue weighted by Gasteiger charge is 2.31. The second kappa shape index (κ2) is 8.37. The van der Waals surface area contributed by atoms with Gasteiger partial charge in [-0.2, -0.15) is 11.8 Å². The second-order valence-corrected chi connectivity index (χ2v) is 8.23. The van der Waals surface area contributed by atoms with Crippen LogP contribution in [0.1, 0.15) is 37.0 Å². The van der Waals surface area contributed by atoms with E-state index < -0.39 is 5.82 Å². The molecule has 0 spiro atoms. The number of amides is 2. The average Bonchev–Trinajstić information content (AvgIpc) is 2.89. The molecule has 4 nitrogen and oxygen atoms in total. The van der Waals surface area contributed by atoms with Gasteiger partial charge in [0.25, 0.3) is 0 Å². The van der Waals surface area contributed by atoms with Crippen molar-refractivity contribution in [3.05, 3.63) is 35.4 Å². The van der Waals surface area contributed by atoms with Crippen LogP contribution in [-0.4, -0.2) is 53.5 Å². The van der Waals surface area contributed by atoms with Crippen molar-refractivity contribution < 1.29 is 18.4 Å². The van der Waals surface area contributed by atoms with Crippen molar-refractivity contribution in [1.29, 1.82) is 0 Å². The van der Waals surface area contributed by atoms with E-state index in [1.165, 1.54) is 12.1 Å². The van der Waals surface area contributed by atoms with Gasteiger partial charge in [0.05, 0.1) is 0 Å². The highest BCUT2D eigenvalue weighted by Crippen LogP contribution is 2.36. The molecule has 1 atom stereocenters. The highest BCUT2D eigenvalue weighted by molar-refractivity contribution is 7.99. The van der Waals surface area contributed by atoms with Gasteiger partial charge in [-0.05, 0) is 37.5 Å². The number of halogens is 2. The molecule has 3 rings (SSSR count). The third-order valence-electron chi connectivity index (χ3n) is 5.25. The Bertz CT molecular complexity index is 678. The zero-order valence-electron chi connectivity index (χ0n) is 14.9. The summed E-state index contributed by atoms with van der Waals surface area (Å²) in [4.78, 5) is 27.9.